The molecule has 1 aromatic heterocycles. The lowest BCUT2D eigenvalue weighted by atomic mass is 9.98. The number of aryl methyl sites for hydroxylation is 1. The van der Waals surface area contributed by atoms with Gasteiger partial charge in [-0.15, -0.1) is 0 Å². The third kappa shape index (κ3) is 3.72. The summed E-state index contributed by atoms with van der Waals surface area (Å²) in [5, 5.41) is 11.0. The number of benzene rings is 2. The Labute approximate surface area is 180 Å². The van der Waals surface area contributed by atoms with Gasteiger partial charge < -0.3 is 19.2 Å². The summed E-state index contributed by atoms with van der Waals surface area (Å²) in [5.74, 6) is -0.643. The number of hydrogen-bond donors (Lipinski definition) is 1. The summed E-state index contributed by atoms with van der Waals surface area (Å²) in [6, 6.07) is 17.1. The van der Waals surface area contributed by atoms with Gasteiger partial charge in [0.05, 0.1) is 25.5 Å². The topological polar surface area (TPSA) is 80.0 Å². The van der Waals surface area contributed by atoms with Crippen LogP contribution in [0.2, 0.25) is 0 Å². The van der Waals surface area contributed by atoms with E-state index in [1.54, 1.807) is 37.4 Å². The standard InChI is InChI=1S/C25H23NO5/c1-3-16-10-12-17(13-11-16)23(27)21-22(20-9-6-14-31-20)26(25(29)24(21)28)15-18-7-4-5-8-19(18)30-2/h4-14,22,27H,3,15H2,1-2H3/b23-21-. The molecule has 0 spiro atoms. The van der Waals surface area contributed by atoms with Crippen LogP contribution in [0.3, 0.4) is 0 Å². The molecule has 0 saturated carbocycles. The maximum Gasteiger partial charge on any atom is 0.296 e. The number of ketones is 1. The third-order valence-electron chi connectivity index (χ3n) is 5.52. The van der Waals surface area contributed by atoms with Gasteiger partial charge in [-0.2, -0.15) is 0 Å². The van der Waals surface area contributed by atoms with Gasteiger partial charge in [0.25, 0.3) is 11.7 Å². The number of methoxy groups -OCH3 is 1. The van der Waals surface area contributed by atoms with Gasteiger partial charge in [0, 0.05) is 11.1 Å². The molecule has 1 saturated heterocycles. The van der Waals surface area contributed by atoms with Crippen molar-refractivity contribution in [3.8, 4) is 5.75 Å². The zero-order chi connectivity index (χ0) is 22.0. The molecule has 6 nitrogen and oxygen atoms in total. The second-order valence-electron chi connectivity index (χ2n) is 7.30. The average molecular weight is 417 g/mol. The van der Waals surface area contributed by atoms with Crippen LogP contribution >= 0.6 is 0 Å². The SMILES string of the molecule is CCc1ccc(/C(O)=C2/C(=O)C(=O)N(Cc3ccccc3OC)C2c2ccco2)cc1. The van der Waals surface area contributed by atoms with E-state index in [0.29, 0.717) is 17.1 Å². The number of nitrogens with zero attached hydrogens (tertiary/aromatic N) is 1. The van der Waals surface area contributed by atoms with Crippen LogP contribution in [0.15, 0.2) is 76.9 Å². The highest BCUT2D eigenvalue weighted by Crippen LogP contribution is 2.41. The van der Waals surface area contributed by atoms with E-state index in [9.17, 15) is 14.7 Å². The van der Waals surface area contributed by atoms with E-state index in [-0.39, 0.29) is 17.9 Å². The highest BCUT2D eigenvalue weighted by molar-refractivity contribution is 6.46. The summed E-state index contributed by atoms with van der Waals surface area (Å²) >= 11 is 0. The Morgan fingerprint density at radius 3 is 2.45 bits per heavy atom. The summed E-state index contributed by atoms with van der Waals surface area (Å²) in [6.45, 7) is 2.17. The fourth-order valence-corrected chi connectivity index (χ4v) is 3.86. The van der Waals surface area contributed by atoms with E-state index < -0.39 is 17.7 Å². The van der Waals surface area contributed by atoms with Crippen molar-refractivity contribution in [2.75, 3.05) is 7.11 Å². The molecule has 3 aromatic rings. The first-order chi connectivity index (χ1) is 15.0. The number of carbonyl (C=O) groups is 2. The summed E-state index contributed by atoms with van der Waals surface area (Å²) in [7, 11) is 1.55. The molecule has 158 valence electrons. The molecule has 1 unspecified atom stereocenters. The number of Topliss-reactive ketones (excluding diaryl/α,β-unsaturated/α-hetero) is 1. The molecule has 0 radical (unpaired) electrons. The Bertz CT molecular complexity index is 1130. The highest BCUT2D eigenvalue weighted by Gasteiger charge is 2.47. The number of aliphatic hydroxyl groups excluding tert-OH is 1. The van der Waals surface area contributed by atoms with Crippen LogP contribution in [0, 0.1) is 0 Å². The van der Waals surface area contributed by atoms with Gasteiger partial charge in [-0.05, 0) is 30.2 Å². The molecule has 1 atom stereocenters. The number of carbonyl (C=O) groups excluding carboxylic acids is 2. The fourth-order valence-electron chi connectivity index (χ4n) is 3.86. The Morgan fingerprint density at radius 1 is 1.06 bits per heavy atom. The Balaban J connectivity index is 1.81. The summed E-state index contributed by atoms with van der Waals surface area (Å²) in [6.07, 6.45) is 2.34. The van der Waals surface area contributed by atoms with E-state index in [4.69, 9.17) is 9.15 Å². The number of furan rings is 1. The number of ether oxygens (including phenoxy) is 1. The normalized spacial score (nSPS) is 17.9. The zero-order valence-corrected chi connectivity index (χ0v) is 17.4. The predicted octanol–water partition coefficient (Wildman–Crippen LogP) is 4.47. The molecule has 0 aliphatic carbocycles. The minimum atomic E-state index is -0.842. The molecule has 31 heavy (non-hydrogen) atoms. The van der Waals surface area contributed by atoms with Crippen molar-refractivity contribution in [1.29, 1.82) is 0 Å². The largest absolute Gasteiger partial charge is 0.507 e. The lowest BCUT2D eigenvalue weighted by Gasteiger charge is -2.24. The van der Waals surface area contributed by atoms with E-state index in [1.807, 2.05) is 37.3 Å². The molecule has 2 heterocycles. The zero-order valence-electron chi connectivity index (χ0n) is 17.4. The van der Waals surface area contributed by atoms with Crippen molar-refractivity contribution in [3.63, 3.8) is 0 Å². The summed E-state index contributed by atoms with van der Waals surface area (Å²) in [4.78, 5) is 27.4. The molecule has 1 aliphatic rings. The lowest BCUT2D eigenvalue weighted by molar-refractivity contribution is -0.140. The number of aliphatic hydroxyl groups is 1. The van der Waals surface area contributed by atoms with Crippen LogP contribution in [0.4, 0.5) is 0 Å². The van der Waals surface area contributed by atoms with E-state index in [2.05, 4.69) is 0 Å². The molecule has 1 amide bonds. The average Bonchev–Trinajstić information content (AvgIpc) is 3.42. The molecule has 6 heteroatoms. The van der Waals surface area contributed by atoms with Gasteiger partial charge in [-0.3, -0.25) is 9.59 Å². The van der Waals surface area contributed by atoms with Crippen LogP contribution in [-0.4, -0.2) is 28.8 Å². The number of amides is 1. The number of rotatable bonds is 6. The maximum absolute atomic E-state index is 13.0. The van der Waals surface area contributed by atoms with Gasteiger partial charge in [-0.25, -0.2) is 0 Å². The van der Waals surface area contributed by atoms with E-state index in [0.717, 1.165) is 17.5 Å². The molecule has 2 aromatic carbocycles. The second kappa shape index (κ2) is 8.52. The highest BCUT2D eigenvalue weighted by atomic mass is 16.5. The van der Waals surface area contributed by atoms with Crippen LogP contribution in [0.1, 0.15) is 35.4 Å². The third-order valence-corrected chi connectivity index (χ3v) is 5.52. The summed E-state index contributed by atoms with van der Waals surface area (Å²) < 4.78 is 11.0. The number of para-hydroxylation sites is 1. The molecule has 1 N–H and O–H groups in total. The van der Waals surface area contributed by atoms with E-state index >= 15 is 0 Å². The first-order valence-corrected chi connectivity index (χ1v) is 10.1. The van der Waals surface area contributed by atoms with Crippen LogP contribution in [0.5, 0.6) is 5.75 Å². The van der Waals surface area contributed by atoms with Crippen molar-refractivity contribution in [3.05, 3.63) is 95.0 Å². The quantitative estimate of drug-likeness (QED) is 0.364. The van der Waals surface area contributed by atoms with Crippen molar-refractivity contribution in [2.24, 2.45) is 0 Å². The van der Waals surface area contributed by atoms with Crippen LogP contribution < -0.4 is 4.74 Å². The number of likely N-dealkylation sites (tertiary alicyclic amines) is 1. The van der Waals surface area contributed by atoms with Gasteiger partial charge >= 0.3 is 0 Å². The van der Waals surface area contributed by atoms with Crippen molar-refractivity contribution < 1.29 is 23.8 Å². The molecule has 1 aliphatic heterocycles. The smallest absolute Gasteiger partial charge is 0.296 e. The molecule has 4 rings (SSSR count). The Kier molecular flexibility index (Phi) is 5.62. The predicted molar refractivity (Wildman–Crippen MR) is 115 cm³/mol. The Hall–Kier alpha value is -3.80. The molecular formula is C25H23NO5. The number of hydrogen-bond acceptors (Lipinski definition) is 5. The van der Waals surface area contributed by atoms with Crippen molar-refractivity contribution >= 4 is 17.4 Å². The fraction of sp³-hybridized carbons (Fsp3) is 0.200. The van der Waals surface area contributed by atoms with Gasteiger partial charge in [-0.1, -0.05) is 49.4 Å². The lowest BCUT2D eigenvalue weighted by Crippen LogP contribution is -2.29. The minimum Gasteiger partial charge on any atom is -0.507 e. The first kappa shape index (κ1) is 20.5. The van der Waals surface area contributed by atoms with Crippen LogP contribution in [0.25, 0.3) is 5.76 Å². The van der Waals surface area contributed by atoms with Gasteiger partial charge in [0.2, 0.25) is 0 Å². The Morgan fingerprint density at radius 2 is 1.81 bits per heavy atom. The first-order valence-electron chi connectivity index (χ1n) is 10.1. The monoisotopic (exact) mass is 417 g/mol. The van der Waals surface area contributed by atoms with Crippen LogP contribution in [-0.2, 0) is 22.6 Å². The summed E-state index contributed by atoms with van der Waals surface area (Å²) in [5.41, 5.74) is 2.34. The van der Waals surface area contributed by atoms with Gasteiger partial charge in [0.15, 0.2) is 0 Å². The minimum absolute atomic E-state index is 0.0131. The van der Waals surface area contributed by atoms with Crippen molar-refractivity contribution in [2.45, 2.75) is 25.9 Å². The molecule has 0 bridgehead atoms. The van der Waals surface area contributed by atoms with Crippen molar-refractivity contribution in [1.82, 2.24) is 4.90 Å². The van der Waals surface area contributed by atoms with Gasteiger partial charge in [0.1, 0.15) is 23.3 Å². The van der Waals surface area contributed by atoms with E-state index in [1.165, 1.54) is 11.2 Å². The second-order valence-corrected chi connectivity index (χ2v) is 7.30. The molecular weight excluding hydrogens is 394 g/mol. The maximum atomic E-state index is 13.0. The molecule has 1 fully saturated rings.